The minimum Gasteiger partial charge on any atom is -0.497 e. The fraction of sp³-hybridized carbons (Fsp3) is 0.300. The summed E-state index contributed by atoms with van der Waals surface area (Å²) < 4.78 is 32.2. The molecule has 0 N–H and O–H groups in total. The standard InChI is InChI=1S/C20H22N4O3S2/c1-27-18-6-4-5-16(14-18)13-17-15-28-20(22-17)23-9-11-24(12-10-23)29(25,26)19-7-2-3-8-21-19/h2-8,14-15H,9-13H2,1H3. The molecule has 0 aliphatic carbocycles. The van der Waals surface area contributed by atoms with E-state index in [9.17, 15) is 8.42 Å². The molecule has 1 aliphatic heterocycles. The first-order chi connectivity index (χ1) is 14.1. The Balaban J connectivity index is 1.39. The first-order valence-corrected chi connectivity index (χ1v) is 11.6. The average Bonchev–Trinajstić information content (AvgIpc) is 3.23. The summed E-state index contributed by atoms with van der Waals surface area (Å²) in [6, 6.07) is 12.9. The van der Waals surface area contributed by atoms with Crippen molar-refractivity contribution in [3.05, 3.63) is 65.3 Å². The second-order valence-corrected chi connectivity index (χ2v) is 9.43. The Kier molecular flexibility index (Phi) is 5.79. The van der Waals surface area contributed by atoms with Gasteiger partial charge in [0.2, 0.25) is 0 Å². The van der Waals surface area contributed by atoms with Crippen molar-refractivity contribution in [2.45, 2.75) is 11.4 Å². The Hall–Kier alpha value is -2.49. The third-order valence-corrected chi connectivity index (χ3v) is 7.58. The minimum atomic E-state index is -3.54. The van der Waals surface area contributed by atoms with Crippen LogP contribution >= 0.6 is 11.3 Å². The summed E-state index contributed by atoms with van der Waals surface area (Å²) in [5.41, 5.74) is 2.15. The molecule has 2 aromatic heterocycles. The summed E-state index contributed by atoms with van der Waals surface area (Å²) in [7, 11) is -1.88. The van der Waals surface area contributed by atoms with Crippen LogP contribution < -0.4 is 9.64 Å². The molecule has 29 heavy (non-hydrogen) atoms. The molecule has 4 rings (SSSR count). The Morgan fingerprint density at radius 1 is 1.10 bits per heavy atom. The average molecular weight is 431 g/mol. The number of nitrogens with zero attached hydrogens (tertiary/aromatic N) is 4. The smallest absolute Gasteiger partial charge is 0.260 e. The highest BCUT2D eigenvalue weighted by molar-refractivity contribution is 7.89. The highest BCUT2D eigenvalue weighted by atomic mass is 32.2. The van der Waals surface area contributed by atoms with Gasteiger partial charge in [-0.3, -0.25) is 0 Å². The summed E-state index contributed by atoms with van der Waals surface area (Å²) in [5, 5.41) is 3.09. The van der Waals surface area contributed by atoms with Gasteiger partial charge in [0.15, 0.2) is 10.2 Å². The topological polar surface area (TPSA) is 75.6 Å². The summed E-state index contributed by atoms with van der Waals surface area (Å²) >= 11 is 1.59. The van der Waals surface area contributed by atoms with Crippen molar-refractivity contribution >= 4 is 26.5 Å². The van der Waals surface area contributed by atoms with Gasteiger partial charge in [-0.15, -0.1) is 11.3 Å². The number of methoxy groups -OCH3 is 1. The molecule has 1 saturated heterocycles. The maximum Gasteiger partial charge on any atom is 0.260 e. The van der Waals surface area contributed by atoms with E-state index < -0.39 is 10.0 Å². The van der Waals surface area contributed by atoms with E-state index in [0.717, 1.165) is 28.6 Å². The lowest BCUT2D eigenvalue weighted by molar-refractivity contribution is 0.383. The SMILES string of the molecule is COc1cccc(Cc2csc(N3CCN(S(=O)(=O)c4ccccn4)CC3)n2)c1. The Morgan fingerprint density at radius 3 is 2.66 bits per heavy atom. The number of sulfonamides is 1. The van der Waals surface area contributed by atoms with E-state index in [4.69, 9.17) is 9.72 Å². The minimum absolute atomic E-state index is 0.100. The number of aromatic nitrogens is 2. The first-order valence-electron chi connectivity index (χ1n) is 9.30. The summed E-state index contributed by atoms with van der Waals surface area (Å²) in [6.45, 7) is 2.06. The number of anilines is 1. The van der Waals surface area contributed by atoms with Crippen molar-refractivity contribution in [3.63, 3.8) is 0 Å². The van der Waals surface area contributed by atoms with Crippen molar-refractivity contribution in [1.29, 1.82) is 0 Å². The number of hydrogen-bond donors (Lipinski definition) is 0. The van der Waals surface area contributed by atoms with Gasteiger partial charge in [0.25, 0.3) is 10.0 Å². The van der Waals surface area contributed by atoms with E-state index in [1.165, 1.54) is 16.6 Å². The molecular formula is C20H22N4O3S2. The molecule has 0 spiro atoms. The van der Waals surface area contributed by atoms with Gasteiger partial charge < -0.3 is 9.64 Å². The van der Waals surface area contributed by atoms with Crippen molar-refractivity contribution < 1.29 is 13.2 Å². The van der Waals surface area contributed by atoms with Crippen LogP contribution in [0.5, 0.6) is 5.75 Å². The molecule has 0 unspecified atom stereocenters. The molecule has 3 aromatic rings. The van der Waals surface area contributed by atoms with Crippen LogP contribution in [-0.4, -0.2) is 56.0 Å². The molecule has 152 valence electrons. The van der Waals surface area contributed by atoms with Gasteiger partial charge in [-0.1, -0.05) is 18.2 Å². The highest BCUT2D eigenvalue weighted by Gasteiger charge is 2.30. The van der Waals surface area contributed by atoms with Crippen LogP contribution in [0.25, 0.3) is 0 Å². The van der Waals surface area contributed by atoms with Crippen molar-refractivity contribution in [2.24, 2.45) is 0 Å². The molecule has 1 aromatic carbocycles. The third-order valence-electron chi connectivity index (χ3n) is 4.81. The molecule has 0 saturated carbocycles. The number of pyridine rings is 1. The normalized spacial score (nSPS) is 15.4. The zero-order valence-corrected chi connectivity index (χ0v) is 17.7. The number of hydrogen-bond acceptors (Lipinski definition) is 7. The van der Waals surface area contributed by atoms with Crippen molar-refractivity contribution in [1.82, 2.24) is 14.3 Å². The summed E-state index contributed by atoms with van der Waals surface area (Å²) in [5.74, 6) is 0.836. The van der Waals surface area contributed by atoms with Crippen LogP contribution in [0.15, 0.2) is 59.1 Å². The third kappa shape index (κ3) is 4.42. The van der Waals surface area contributed by atoms with E-state index >= 15 is 0 Å². The Morgan fingerprint density at radius 2 is 1.93 bits per heavy atom. The maximum absolute atomic E-state index is 12.7. The molecule has 7 nitrogen and oxygen atoms in total. The lowest BCUT2D eigenvalue weighted by Gasteiger charge is -2.33. The maximum atomic E-state index is 12.7. The first kappa shape index (κ1) is 19.8. The van der Waals surface area contributed by atoms with Crippen molar-refractivity contribution in [2.75, 3.05) is 38.2 Å². The highest BCUT2D eigenvalue weighted by Crippen LogP contribution is 2.25. The predicted octanol–water partition coefficient (Wildman–Crippen LogP) is 2.65. The Labute approximate surface area is 174 Å². The monoisotopic (exact) mass is 430 g/mol. The second kappa shape index (κ2) is 8.48. The zero-order valence-electron chi connectivity index (χ0n) is 16.1. The fourth-order valence-corrected chi connectivity index (χ4v) is 5.50. The number of benzene rings is 1. The molecule has 1 fully saturated rings. The van der Waals surface area contributed by atoms with Gasteiger partial charge >= 0.3 is 0 Å². The number of ether oxygens (including phenoxy) is 1. The quantitative estimate of drug-likeness (QED) is 0.599. The van der Waals surface area contributed by atoms with E-state index in [2.05, 4.69) is 21.3 Å². The van der Waals surface area contributed by atoms with Gasteiger partial charge in [-0.05, 0) is 29.8 Å². The van der Waals surface area contributed by atoms with Crippen LogP contribution in [0.2, 0.25) is 0 Å². The van der Waals surface area contributed by atoms with Crippen LogP contribution in [-0.2, 0) is 16.4 Å². The molecule has 3 heterocycles. The number of rotatable bonds is 6. The van der Waals surface area contributed by atoms with Gasteiger partial charge in [0.05, 0.1) is 12.8 Å². The molecule has 9 heteroatoms. The molecule has 0 atom stereocenters. The Bertz CT molecular complexity index is 1060. The van der Waals surface area contributed by atoms with Gasteiger partial charge in [-0.2, -0.15) is 4.31 Å². The summed E-state index contributed by atoms with van der Waals surface area (Å²) in [4.78, 5) is 10.9. The second-order valence-electron chi connectivity index (χ2n) is 6.71. The lowest BCUT2D eigenvalue weighted by Crippen LogP contribution is -2.48. The molecule has 0 radical (unpaired) electrons. The van der Waals surface area contributed by atoms with Gasteiger partial charge in [-0.25, -0.2) is 18.4 Å². The molecule has 0 amide bonds. The van der Waals surface area contributed by atoms with E-state index in [1.54, 1.807) is 30.6 Å². The molecule has 0 bridgehead atoms. The van der Waals surface area contributed by atoms with E-state index in [0.29, 0.717) is 26.2 Å². The van der Waals surface area contributed by atoms with E-state index in [1.807, 2.05) is 18.2 Å². The van der Waals surface area contributed by atoms with Crippen molar-refractivity contribution in [3.8, 4) is 5.75 Å². The lowest BCUT2D eigenvalue weighted by atomic mass is 10.1. The molecular weight excluding hydrogens is 408 g/mol. The van der Waals surface area contributed by atoms with Crippen LogP contribution in [0.1, 0.15) is 11.3 Å². The van der Waals surface area contributed by atoms with Crippen LogP contribution in [0.3, 0.4) is 0 Å². The fourth-order valence-electron chi connectivity index (χ4n) is 3.27. The predicted molar refractivity (Wildman–Crippen MR) is 113 cm³/mol. The number of thiazole rings is 1. The van der Waals surface area contributed by atoms with E-state index in [-0.39, 0.29) is 5.03 Å². The largest absolute Gasteiger partial charge is 0.497 e. The summed E-state index contributed by atoms with van der Waals surface area (Å²) in [6.07, 6.45) is 2.24. The zero-order chi connectivity index (χ0) is 20.3. The number of piperazine rings is 1. The van der Waals surface area contributed by atoms with Gasteiger partial charge in [0.1, 0.15) is 5.75 Å². The molecule has 1 aliphatic rings. The van der Waals surface area contributed by atoms with Crippen LogP contribution in [0, 0.1) is 0 Å². The van der Waals surface area contributed by atoms with Gasteiger partial charge in [0, 0.05) is 44.2 Å². The van der Waals surface area contributed by atoms with Crippen LogP contribution in [0.4, 0.5) is 5.13 Å².